The molecule has 2 rings (SSSR count). The number of carbonyl (C=O) groups excluding carboxylic acids is 1. The fourth-order valence-corrected chi connectivity index (χ4v) is 2.52. The van der Waals surface area contributed by atoms with Crippen molar-refractivity contribution in [2.24, 2.45) is 0 Å². The summed E-state index contributed by atoms with van der Waals surface area (Å²) in [5, 5.41) is 2.30. The standard InChI is InChI=1S/C19H19F4N3O2/c1-3-10-26(11-12-4-6-13(7-5-12)19(21,22)23)15-9-8-14(17(24)16(15)20)25-18(27)28-2/h3-9H,1,10-11,24H2,2H3,(H,25,27). The van der Waals surface area contributed by atoms with Crippen molar-refractivity contribution in [3.8, 4) is 0 Å². The predicted octanol–water partition coefficient (Wildman–Crippen LogP) is 4.80. The number of alkyl halides is 3. The van der Waals surface area contributed by atoms with Crippen LogP contribution in [-0.2, 0) is 17.5 Å². The van der Waals surface area contributed by atoms with Crippen LogP contribution in [0.2, 0.25) is 0 Å². The molecule has 0 saturated heterocycles. The van der Waals surface area contributed by atoms with Gasteiger partial charge in [0.2, 0.25) is 0 Å². The van der Waals surface area contributed by atoms with E-state index in [0.29, 0.717) is 5.56 Å². The summed E-state index contributed by atoms with van der Waals surface area (Å²) in [6, 6.07) is 7.41. The first-order valence-corrected chi connectivity index (χ1v) is 8.12. The van der Waals surface area contributed by atoms with E-state index in [-0.39, 0.29) is 30.2 Å². The third-order valence-corrected chi connectivity index (χ3v) is 3.93. The highest BCUT2D eigenvalue weighted by atomic mass is 19.4. The molecule has 0 unspecified atom stereocenters. The molecule has 0 aliphatic carbocycles. The highest BCUT2D eigenvalue weighted by Crippen LogP contribution is 2.32. The average Bonchev–Trinajstić information content (AvgIpc) is 2.65. The molecule has 0 fully saturated rings. The number of hydrogen-bond acceptors (Lipinski definition) is 4. The number of nitrogen functional groups attached to an aromatic ring is 1. The number of methoxy groups -OCH3 is 1. The van der Waals surface area contributed by atoms with Gasteiger partial charge in [-0.25, -0.2) is 9.18 Å². The zero-order valence-corrected chi connectivity index (χ0v) is 15.0. The molecule has 5 nitrogen and oxygen atoms in total. The summed E-state index contributed by atoms with van der Waals surface area (Å²) in [6.07, 6.45) is -3.70. The number of nitrogens with one attached hydrogen (secondary N) is 1. The van der Waals surface area contributed by atoms with E-state index in [1.807, 2.05) is 0 Å². The lowest BCUT2D eigenvalue weighted by Crippen LogP contribution is -2.24. The minimum atomic E-state index is -4.43. The lowest BCUT2D eigenvalue weighted by atomic mass is 10.1. The normalized spacial score (nSPS) is 11.0. The first-order chi connectivity index (χ1) is 13.2. The van der Waals surface area contributed by atoms with Crippen LogP contribution in [0.4, 0.5) is 39.4 Å². The van der Waals surface area contributed by atoms with Crippen molar-refractivity contribution >= 4 is 23.2 Å². The van der Waals surface area contributed by atoms with Crippen molar-refractivity contribution in [2.45, 2.75) is 12.7 Å². The molecule has 0 atom stereocenters. The topological polar surface area (TPSA) is 67.6 Å². The molecule has 0 spiro atoms. The van der Waals surface area contributed by atoms with Gasteiger partial charge < -0.3 is 15.4 Å². The van der Waals surface area contributed by atoms with Crippen molar-refractivity contribution in [1.82, 2.24) is 0 Å². The Labute approximate surface area is 159 Å². The number of ether oxygens (including phenoxy) is 1. The average molecular weight is 397 g/mol. The van der Waals surface area contributed by atoms with E-state index in [1.165, 1.54) is 30.3 Å². The molecule has 0 saturated carbocycles. The van der Waals surface area contributed by atoms with Gasteiger partial charge in [0, 0.05) is 13.1 Å². The van der Waals surface area contributed by atoms with Crippen molar-refractivity contribution in [3.05, 3.63) is 66.0 Å². The number of benzene rings is 2. The van der Waals surface area contributed by atoms with Crippen LogP contribution in [0, 0.1) is 5.82 Å². The molecule has 0 aliphatic rings. The predicted molar refractivity (Wildman–Crippen MR) is 99.5 cm³/mol. The maximum absolute atomic E-state index is 14.8. The fraction of sp³-hybridized carbons (Fsp3) is 0.211. The van der Waals surface area contributed by atoms with Crippen molar-refractivity contribution in [1.29, 1.82) is 0 Å². The summed E-state index contributed by atoms with van der Waals surface area (Å²) >= 11 is 0. The smallest absolute Gasteiger partial charge is 0.416 e. The zero-order valence-electron chi connectivity index (χ0n) is 15.0. The lowest BCUT2D eigenvalue weighted by molar-refractivity contribution is -0.137. The summed E-state index contributed by atoms with van der Waals surface area (Å²) in [5.41, 5.74) is 5.41. The van der Waals surface area contributed by atoms with E-state index >= 15 is 0 Å². The number of carbonyl (C=O) groups is 1. The van der Waals surface area contributed by atoms with E-state index in [1.54, 1.807) is 4.90 Å². The number of rotatable bonds is 6. The minimum absolute atomic E-state index is 0.0428. The summed E-state index contributed by atoms with van der Waals surface area (Å²) in [7, 11) is 1.16. The van der Waals surface area contributed by atoms with Gasteiger partial charge in [0.1, 0.15) is 0 Å². The third-order valence-electron chi connectivity index (χ3n) is 3.93. The van der Waals surface area contributed by atoms with E-state index in [0.717, 1.165) is 19.2 Å². The number of anilines is 3. The monoisotopic (exact) mass is 397 g/mol. The zero-order chi connectivity index (χ0) is 20.9. The molecule has 28 heavy (non-hydrogen) atoms. The molecule has 150 valence electrons. The van der Waals surface area contributed by atoms with Crippen LogP contribution < -0.4 is 16.0 Å². The molecule has 0 radical (unpaired) electrons. The Morgan fingerprint density at radius 3 is 2.43 bits per heavy atom. The molecule has 0 aromatic heterocycles. The minimum Gasteiger partial charge on any atom is -0.453 e. The van der Waals surface area contributed by atoms with Gasteiger partial charge in [0.05, 0.1) is 29.7 Å². The lowest BCUT2D eigenvalue weighted by Gasteiger charge is -2.25. The van der Waals surface area contributed by atoms with Crippen LogP contribution in [-0.4, -0.2) is 19.7 Å². The maximum Gasteiger partial charge on any atom is 0.416 e. The second-order valence-electron chi connectivity index (χ2n) is 5.84. The van der Waals surface area contributed by atoms with E-state index in [9.17, 15) is 22.4 Å². The van der Waals surface area contributed by atoms with Crippen LogP contribution in [0.25, 0.3) is 0 Å². The Balaban J connectivity index is 2.29. The first kappa shape index (κ1) is 21.1. The molecular weight excluding hydrogens is 378 g/mol. The molecular formula is C19H19F4N3O2. The summed E-state index contributed by atoms with van der Waals surface area (Å²) in [6.45, 7) is 3.97. The van der Waals surface area contributed by atoms with Gasteiger partial charge in [-0.15, -0.1) is 6.58 Å². The summed E-state index contributed by atoms with van der Waals surface area (Å²) in [5.74, 6) is -0.775. The van der Waals surface area contributed by atoms with Gasteiger partial charge >= 0.3 is 12.3 Å². The van der Waals surface area contributed by atoms with E-state index in [2.05, 4.69) is 16.6 Å². The van der Waals surface area contributed by atoms with Gasteiger partial charge in [-0.1, -0.05) is 18.2 Å². The number of nitrogens with two attached hydrogens (primary N) is 1. The highest BCUT2D eigenvalue weighted by Gasteiger charge is 2.30. The third kappa shape index (κ3) is 4.93. The second kappa shape index (κ2) is 8.64. The summed E-state index contributed by atoms with van der Waals surface area (Å²) in [4.78, 5) is 12.8. The molecule has 1 amide bonds. The SMILES string of the molecule is C=CCN(Cc1ccc(C(F)(F)F)cc1)c1ccc(NC(=O)OC)c(N)c1F. The Morgan fingerprint density at radius 2 is 1.89 bits per heavy atom. The highest BCUT2D eigenvalue weighted by molar-refractivity contribution is 5.90. The second-order valence-corrected chi connectivity index (χ2v) is 5.84. The van der Waals surface area contributed by atoms with Crippen molar-refractivity contribution < 1.29 is 27.1 Å². The molecule has 3 N–H and O–H groups in total. The van der Waals surface area contributed by atoms with Gasteiger partial charge in [0.25, 0.3) is 0 Å². The van der Waals surface area contributed by atoms with Gasteiger partial charge in [-0.3, -0.25) is 5.32 Å². The molecule has 9 heteroatoms. The molecule has 2 aromatic carbocycles. The van der Waals surface area contributed by atoms with Gasteiger partial charge in [-0.05, 0) is 29.8 Å². The van der Waals surface area contributed by atoms with Crippen LogP contribution >= 0.6 is 0 Å². The van der Waals surface area contributed by atoms with Crippen LogP contribution in [0.5, 0.6) is 0 Å². The molecule has 0 aliphatic heterocycles. The number of amides is 1. The number of halogens is 4. The van der Waals surface area contributed by atoms with Crippen molar-refractivity contribution in [2.75, 3.05) is 29.6 Å². The van der Waals surface area contributed by atoms with E-state index in [4.69, 9.17) is 5.73 Å². The van der Waals surface area contributed by atoms with E-state index < -0.39 is 23.7 Å². The Hall–Kier alpha value is -3.23. The fourth-order valence-electron chi connectivity index (χ4n) is 2.52. The first-order valence-electron chi connectivity index (χ1n) is 8.12. The summed E-state index contributed by atoms with van der Waals surface area (Å²) < 4.78 is 57.3. The Kier molecular flexibility index (Phi) is 6.50. The largest absolute Gasteiger partial charge is 0.453 e. The Morgan fingerprint density at radius 1 is 1.25 bits per heavy atom. The van der Waals surface area contributed by atoms with Crippen LogP contribution in [0.15, 0.2) is 49.1 Å². The van der Waals surface area contributed by atoms with Gasteiger partial charge in [-0.2, -0.15) is 13.2 Å². The van der Waals surface area contributed by atoms with Crippen molar-refractivity contribution in [3.63, 3.8) is 0 Å². The molecule has 0 heterocycles. The maximum atomic E-state index is 14.8. The molecule has 2 aromatic rings. The van der Waals surface area contributed by atoms with Crippen LogP contribution in [0.3, 0.4) is 0 Å². The molecule has 0 bridgehead atoms. The quantitative estimate of drug-likeness (QED) is 0.418. The number of hydrogen-bond donors (Lipinski definition) is 2. The van der Waals surface area contributed by atoms with Gasteiger partial charge in [0.15, 0.2) is 5.82 Å². The van der Waals surface area contributed by atoms with Crippen LogP contribution in [0.1, 0.15) is 11.1 Å². The number of nitrogens with zero attached hydrogens (tertiary/aromatic N) is 1. The Bertz CT molecular complexity index is 851.